The first-order valence-electron chi connectivity index (χ1n) is 7.89. The molecule has 1 aliphatic rings. The molecule has 2 aromatic rings. The Bertz CT molecular complexity index is 758. The fourth-order valence-electron chi connectivity index (χ4n) is 3.06. The van der Waals surface area contributed by atoms with Crippen molar-refractivity contribution in [2.45, 2.75) is 39.7 Å². The highest BCUT2D eigenvalue weighted by Gasteiger charge is 2.32. The molecule has 1 aromatic carbocycles. The van der Waals surface area contributed by atoms with Gasteiger partial charge in [0.2, 0.25) is 0 Å². The molecule has 1 unspecified atom stereocenters. The molecule has 23 heavy (non-hydrogen) atoms. The van der Waals surface area contributed by atoms with Gasteiger partial charge in [-0.25, -0.2) is 4.68 Å². The average Bonchev–Trinajstić information content (AvgIpc) is 2.89. The molecule has 0 radical (unpaired) electrons. The van der Waals surface area contributed by atoms with Crippen LogP contribution in [0.3, 0.4) is 0 Å². The van der Waals surface area contributed by atoms with E-state index in [9.17, 15) is 4.79 Å². The van der Waals surface area contributed by atoms with Gasteiger partial charge in [0.25, 0.3) is 0 Å². The molecule has 0 amide bonds. The first-order valence-corrected chi connectivity index (χ1v) is 8.68. The van der Waals surface area contributed by atoms with Crippen molar-refractivity contribution in [1.82, 2.24) is 9.78 Å². The van der Waals surface area contributed by atoms with E-state index in [2.05, 4.69) is 66.2 Å². The molecule has 0 aliphatic carbocycles. The van der Waals surface area contributed by atoms with Gasteiger partial charge in [0.05, 0.1) is 17.3 Å². The third kappa shape index (κ3) is 3.07. The minimum atomic E-state index is -0.143. The minimum absolute atomic E-state index is 0.0417. The van der Waals surface area contributed by atoms with E-state index in [-0.39, 0.29) is 17.2 Å². The number of carbonyl (C=O) groups excluding carboxylic acids is 1. The highest BCUT2D eigenvalue weighted by Crippen LogP contribution is 2.31. The zero-order chi connectivity index (χ0) is 16.8. The van der Waals surface area contributed by atoms with Crippen LogP contribution in [-0.2, 0) is 12.0 Å². The summed E-state index contributed by atoms with van der Waals surface area (Å²) in [6.07, 6.45) is 2.46. The lowest BCUT2D eigenvalue weighted by molar-refractivity contribution is 0.0921. The van der Waals surface area contributed by atoms with Crippen LogP contribution in [0.5, 0.6) is 0 Å². The van der Waals surface area contributed by atoms with Gasteiger partial charge >= 0.3 is 0 Å². The van der Waals surface area contributed by atoms with Gasteiger partial charge in [0, 0.05) is 16.9 Å². The summed E-state index contributed by atoms with van der Waals surface area (Å²) in [5.41, 5.74) is 3.00. The summed E-state index contributed by atoms with van der Waals surface area (Å²) >= 11 is 3.49. The molecular weight excluding hydrogens is 354 g/mol. The number of benzene rings is 1. The molecule has 122 valence electrons. The first-order chi connectivity index (χ1) is 10.8. The molecule has 0 bridgehead atoms. The molecule has 1 N–H and O–H groups in total. The molecule has 0 spiro atoms. The summed E-state index contributed by atoms with van der Waals surface area (Å²) in [6, 6.07) is 6.23. The van der Waals surface area contributed by atoms with E-state index in [1.165, 1.54) is 11.1 Å². The van der Waals surface area contributed by atoms with Crippen molar-refractivity contribution in [3.63, 3.8) is 0 Å². The molecule has 1 aliphatic heterocycles. The number of hydrogen-bond acceptors (Lipinski definition) is 3. The van der Waals surface area contributed by atoms with Gasteiger partial charge in [0.15, 0.2) is 5.78 Å². The maximum atomic E-state index is 12.8. The topological polar surface area (TPSA) is 46.9 Å². The molecule has 4 nitrogen and oxygen atoms in total. The van der Waals surface area contributed by atoms with Crippen LogP contribution < -0.4 is 5.32 Å². The lowest BCUT2D eigenvalue weighted by atomic mass is 9.88. The van der Waals surface area contributed by atoms with E-state index in [1.54, 1.807) is 6.20 Å². The van der Waals surface area contributed by atoms with Gasteiger partial charge in [-0.2, -0.15) is 5.10 Å². The number of carbonyl (C=O) groups is 1. The third-order valence-electron chi connectivity index (χ3n) is 4.33. The van der Waals surface area contributed by atoms with Crippen LogP contribution in [0.2, 0.25) is 0 Å². The van der Waals surface area contributed by atoms with E-state index >= 15 is 0 Å². The number of ketones is 1. The van der Waals surface area contributed by atoms with Crippen molar-refractivity contribution >= 4 is 27.5 Å². The van der Waals surface area contributed by atoms with E-state index in [1.807, 2.05) is 10.7 Å². The summed E-state index contributed by atoms with van der Waals surface area (Å²) in [5.74, 6) is 1.00. The minimum Gasteiger partial charge on any atom is -0.369 e. The molecule has 3 rings (SSSR count). The molecule has 1 aromatic heterocycles. The normalized spacial score (nSPS) is 17.8. The van der Waals surface area contributed by atoms with Crippen LogP contribution in [0.25, 0.3) is 0 Å². The third-order valence-corrected chi connectivity index (χ3v) is 4.82. The largest absolute Gasteiger partial charge is 0.369 e. The lowest BCUT2D eigenvalue weighted by Gasteiger charge is -2.28. The fraction of sp³-hybridized carbons (Fsp3) is 0.444. The van der Waals surface area contributed by atoms with Crippen LogP contribution >= 0.6 is 15.9 Å². The molecule has 2 heterocycles. The summed E-state index contributed by atoms with van der Waals surface area (Å²) in [4.78, 5) is 12.8. The second-order valence-corrected chi connectivity index (χ2v) is 8.12. The van der Waals surface area contributed by atoms with Crippen LogP contribution in [-0.4, -0.2) is 22.1 Å². The van der Waals surface area contributed by atoms with Gasteiger partial charge in [-0.3, -0.25) is 4.79 Å². The number of rotatable bonds is 2. The predicted molar refractivity (Wildman–Crippen MR) is 96.1 cm³/mol. The zero-order valence-electron chi connectivity index (χ0n) is 14.0. The Morgan fingerprint density at radius 2 is 2.13 bits per heavy atom. The van der Waals surface area contributed by atoms with Crippen LogP contribution in [0.4, 0.5) is 5.82 Å². The maximum absolute atomic E-state index is 12.8. The van der Waals surface area contributed by atoms with E-state index < -0.39 is 0 Å². The van der Waals surface area contributed by atoms with Gasteiger partial charge in [-0.15, -0.1) is 0 Å². The molecule has 1 atom stereocenters. The fourth-order valence-corrected chi connectivity index (χ4v) is 3.53. The standard InChI is InChI=1S/C18H22BrN3O/c1-11-7-14(19)6-5-12(11)8-13-9-20-17-15(16(13)23)10-21-22(17)18(2,3)4/h5-7,10,13,20H,8-9H2,1-4H3. The molecule has 5 heteroatoms. The number of aryl methyl sites for hydroxylation is 1. The monoisotopic (exact) mass is 375 g/mol. The number of nitrogens with one attached hydrogen (secondary N) is 1. The average molecular weight is 376 g/mol. The Morgan fingerprint density at radius 1 is 1.39 bits per heavy atom. The molecular formula is C18H22BrN3O. The van der Waals surface area contributed by atoms with Crippen molar-refractivity contribution in [2.75, 3.05) is 11.9 Å². The van der Waals surface area contributed by atoms with Crippen molar-refractivity contribution in [3.05, 3.63) is 45.6 Å². The van der Waals surface area contributed by atoms with Gasteiger partial charge in [-0.05, 0) is 57.4 Å². The van der Waals surface area contributed by atoms with Gasteiger partial charge in [0.1, 0.15) is 5.82 Å². The number of halogens is 1. The number of Topliss-reactive ketones (excluding diaryl/α,β-unsaturated/α-hetero) is 1. The molecule has 0 fully saturated rings. The number of fused-ring (bicyclic) bond motifs is 1. The van der Waals surface area contributed by atoms with Crippen molar-refractivity contribution in [1.29, 1.82) is 0 Å². The maximum Gasteiger partial charge on any atom is 0.173 e. The van der Waals surface area contributed by atoms with E-state index in [4.69, 9.17) is 0 Å². The smallest absolute Gasteiger partial charge is 0.173 e. The van der Waals surface area contributed by atoms with Crippen LogP contribution in [0.15, 0.2) is 28.9 Å². The first kappa shape index (κ1) is 16.2. The Morgan fingerprint density at radius 3 is 2.78 bits per heavy atom. The second kappa shape index (κ2) is 5.78. The molecule has 0 saturated heterocycles. The summed E-state index contributed by atoms with van der Waals surface area (Å²) in [6.45, 7) is 9.00. The van der Waals surface area contributed by atoms with Crippen molar-refractivity contribution in [2.24, 2.45) is 5.92 Å². The summed E-state index contributed by atoms with van der Waals surface area (Å²) in [7, 11) is 0. The Hall–Kier alpha value is -1.62. The SMILES string of the molecule is Cc1cc(Br)ccc1CC1CNc2c(cnn2C(C)(C)C)C1=O. The summed E-state index contributed by atoms with van der Waals surface area (Å²) in [5, 5.41) is 7.84. The Kier molecular flexibility index (Phi) is 4.08. The van der Waals surface area contributed by atoms with E-state index in [0.29, 0.717) is 12.1 Å². The van der Waals surface area contributed by atoms with Crippen LogP contribution in [0.1, 0.15) is 42.3 Å². The van der Waals surface area contributed by atoms with Crippen molar-refractivity contribution < 1.29 is 4.79 Å². The van der Waals surface area contributed by atoms with Crippen molar-refractivity contribution in [3.8, 4) is 0 Å². The van der Waals surface area contributed by atoms with Gasteiger partial charge < -0.3 is 5.32 Å². The number of nitrogens with zero attached hydrogens (tertiary/aromatic N) is 2. The predicted octanol–water partition coefficient (Wildman–Crippen LogP) is 4.18. The summed E-state index contributed by atoms with van der Waals surface area (Å²) < 4.78 is 2.97. The zero-order valence-corrected chi connectivity index (χ0v) is 15.6. The Labute approximate surface area is 145 Å². The van der Waals surface area contributed by atoms with E-state index in [0.717, 1.165) is 16.7 Å². The number of anilines is 1. The molecule has 0 saturated carbocycles. The lowest BCUT2D eigenvalue weighted by Crippen LogP contribution is -2.34. The van der Waals surface area contributed by atoms with Gasteiger partial charge in [-0.1, -0.05) is 22.0 Å². The second-order valence-electron chi connectivity index (χ2n) is 7.21. The Balaban J connectivity index is 1.86. The highest BCUT2D eigenvalue weighted by molar-refractivity contribution is 9.10. The van der Waals surface area contributed by atoms with Crippen LogP contribution in [0, 0.1) is 12.8 Å². The quantitative estimate of drug-likeness (QED) is 0.856. The number of hydrogen-bond donors (Lipinski definition) is 1. The number of aromatic nitrogens is 2. The highest BCUT2D eigenvalue weighted by atomic mass is 79.9.